The van der Waals surface area contributed by atoms with Crippen molar-refractivity contribution in [3.8, 4) is 0 Å². The fraction of sp³-hybridized carbons (Fsp3) is 0.125. The zero-order valence-corrected chi connectivity index (χ0v) is 10.5. The molecule has 0 saturated carbocycles. The molecule has 0 spiro atoms. The van der Waals surface area contributed by atoms with Crippen LogP contribution in [0.5, 0.6) is 0 Å². The monoisotopic (exact) mass is 373 g/mol. The van der Waals surface area contributed by atoms with Gasteiger partial charge in [-0.1, -0.05) is 29.8 Å². The van der Waals surface area contributed by atoms with Crippen molar-refractivity contribution >= 4 is 39.0 Å². The number of hydrogen-bond donors (Lipinski definition) is 1. The second-order valence-electron chi connectivity index (χ2n) is 2.29. The Hall–Kier alpha value is 0.510. The Kier molecular flexibility index (Phi) is 3.94. The summed E-state index contributed by atoms with van der Waals surface area (Å²) >= 11 is 2.39. The number of hydrogen-bond acceptors (Lipinski definition) is 1. The highest BCUT2D eigenvalue weighted by Gasteiger charge is 1.93. The van der Waals surface area contributed by atoms with E-state index in [2.05, 4.69) is 49.8 Å². The van der Waals surface area contributed by atoms with Crippen LogP contribution < -0.4 is 5.73 Å². The van der Waals surface area contributed by atoms with Crippen LogP contribution in [0.1, 0.15) is 11.1 Å². The smallest absolute Gasteiger partial charge is 0.0586 e. The van der Waals surface area contributed by atoms with Gasteiger partial charge < -0.3 is 0 Å². The summed E-state index contributed by atoms with van der Waals surface area (Å²) < 4.78 is 1.06. The SMILES string of the molecule is Cc1ccc(C(N)=II)cc1. The zero-order valence-electron chi connectivity index (χ0n) is 6.14. The van der Waals surface area contributed by atoms with E-state index in [-0.39, 0.29) is 16.8 Å². The Labute approximate surface area is 86.3 Å². The van der Waals surface area contributed by atoms with E-state index in [4.69, 9.17) is 5.73 Å². The molecule has 11 heavy (non-hydrogen) atoms. The quantitative estimate of drug-likeness (QED) is 0.754. The number of benzene rings is 1. The third kappa shape index (κ3) is 2.79. The van der Waals surface area contributed by atoms with Crippen molar-refractivity contribution in [3.63, 3.8) is 0 Å². The molecule has 1 aromatic rings. The van der Waals surface area contributed by atoms with Crippen molar-refractivity contribution in [3.05, 3.63) is 35.4 Å². The molecule has 0 amide bonds. The summed E-state index contributed by atoms with van der Waals surface area (Å²) in [5.41, 5.74) is 8.28. The molecule has 0 heterocycles. The highest BCUT2D eigenvalue weighted by atomic mass is 128. The molecule has 2 N–H and O–H groups in total. The lowest BCUT2D eigenvalue weighted by Gasteiger charge is -1.98. The third-order valence-corrected chi connectivity index (χ3v) is 5.41. The van der Waals surface area contributed by atoms with Crippen LogP contribution in [0, 0.1) is 6.92 Å². The Balaban J connectivity index is 2.99. The third-order valence-electron chi connectivity index (χ3n) is 1.40. The molecule has 0 unspecified atom stereocenters. The normalized spacial score (nSPS) is 12.5. The van der Waals surface area contributed by atoms with E-state index < -0.39 is 0 Å². The molecule has 0 fully saturated rings. The summed E-state index contributed by atoms with van der Waals surface area (Å²) in [6.45, 7) is 2.08. The molecule has 0 radical (unpaired) electrons. The Bertz CT molecular complexity index is 264. The second kappa shape index (κ2) is 4.51. The topological polar surface area (TPSA) is 26.0 Å². The maximum Gasteiger partial charge on any atom is 0.0586 e. The first-order valence-corrected chi connectivity index (χ1v) is 10.6. The first-order valence-electron chi connectivity index (χ1n) is 3.19. The summed E-state index contributed by atoms with van der Waals surface area (Å²) in [7, 11) is 0. The van der Waals surface area contributed by atoms with Crippen LogP contribution in [0.3, 0.4) is 0 Å². The van der Waals surface area contributed by atoms with Crippen LogP contribution in [0.4, 0.5) is 0 Å². The van der Waals surface area contributed by atoms with Gasteiger partial charge in [-0.3, -0.25) is 5.73 Å². The Morgan fingerprint density at radius 1 is 1.36 bits per heavy atom. The molecular formula is C8H9I2N. The van der Waals surface area contributed by atoms with Crippen molar-refractivity contribution < 1.29 is 0 Å². The van der Waals surface area contributed by atoms with Gasteiger partial charge in [-0.05, 0) is 47.9 Å². The minimum absolute atomic E-state index is 0.0205. The molecule has 0 aliphatic carbocycles. The van der Waals surface area contributed by atoms with Crippen molar-refractivity contribution in [2.45, 2.75) is 6.92 Å². The van der Waals surface area contributed by atoms with Gasteiger partial charge in [-0.25, -0.2) is 0 Å². The van der Waals surface area contributed by atoms with Crippen molar-refractivity contribution in [1.29, 1.82) is 0 Å². The molecule has 0 saturated heterocycles. The van der Waals surface area contributed by atoms with Crippen molar-refractivity contribution in [2.75, 3.05) is 0 Å². The molecule has 1 rings (SSSR count). The molecule has 3 heteroatoms. The number of rotatable bonds is 1. The number of nitrogens with two attached hydrogens (primary N) is 1. The first-order chi connectivity index (χ1) is 5.24. The van der Waals surface area contributed by atoms with E-state index in [1.807, 2.05) is 0 Å². The fourth-order valence-electron chi connectivity index (χ4n) is 0.754. The average Bonchev–Trinajstić information content (AvgIpc) is 2.05. The molecule has 0 aliphatic rings. The van der Waals surface area contributed by atoms with Crippen molar-refractivity contribution in [1.82, 2.24) is 0 Å². The first kappa shape index (κ1) is 9.60. The highest BCUT2D eigenvalue weighted by molar-refractivity contribution is 15.0. The second-order valence-corrected chi connectivity index (χ2v) is 6.59. The minimum Gasteiger partial charge on any atom is -0.297 e. The summed E-state index contributed by atoms with van der Waals surface area (Å²) in [6, 6.07) is 8.36. The average molecular weight is 373 g/mol. The van der Waals surface area contributed by atoms with Crippen LogP contribution in [0.2, 0.25) is 0 Å². The van der Waals surface area contributed by atoms with Gasteiger partial charge in [0.2, 0.25) is 0 Å². The van der Waals surface area contributed by atoms with Crippen LogP contribution in [-0.2, 0) is 0 Å². The maximum absolute atomic E-state index is 5.80. The largest absolute Gasteiger partial charge is 0.297 e. The van der Waals surface area contributed by atoms with E-state index in [0.717, 1.165) is 3.63 Å². The van der Waals surface area contributed by atoms with Crippen LogP contribution in [0.25, 0.3) is 0 Å². The Morgan fingerprint density at radius 3 is 2.36 bits per heavy atom. The van der Waals surface area contributed by atoms with E-state index in [0.29, 0.717) is 0 Å². The van der Waals surface area contributed by atoms with E-state index >= 15 is 0 Å². The molecular weight excluding hydrogens is 364 g/mol. The van der Waals surface area contributed by atoms with Gasteiger partial charge in [-0.2, -0.15) is 0 Å². The number of aryl methyl sites for hydroxylation is 1. The molecule has 60 valence electrons. The molecule has 0 aromatic heterocycles. The highest BCUT2D eigenvalue weighted by Crippen LogP contribution is 2.14. The molecule has 1 aromatic carbocycles. The molecule has 0 aliphatic heterocycles. The van der Waals surface area contributed by atoms with Gasteiger partial charge in [0, 0.05) is 0 Å². The summed E-state index contributed by atoms with van der Waals surface area (Å²) in [5.74, 6) is 0. The standard InChI is InChI=1S/C8H9I2N/c1-6-2-4-7(5-3-6)8(11)10-9/h2-5H,11H2,1H3. The molecule has 0 bridgehead atoms. The lowest BCUT2D eigenvalue weighted by atomic mass is 10.2. The summed E-state index contributed by atoms with van der Waals surface area (Å²) in [4.78, 5) is 0. The van der Waals surface area contributed by atoms with E-state index in [1.54, 1.807) is 0 Å². The van der Waals surface area contributed by atoms with Crippen LogP contribution >= 0.6 is 35.4 Å². The Morgan fingerprint density at radius 2 is 1.91 bits per heavy atom. The van der Waals surface area contributed by atoms with Gasteiger partial charge >= 0.3 is 0 Å². The molecule has 0 atom stereocenters. The van der Waals surface area contributed by atoms with E-state index in [1.165, 1.54) is 11.1 Å². The van der Waals surface area contributed by atoms with Crippen LogP contribution in [-0.4, -0.2) is 3.63 Å². The van der Waals surface area contributed by atoms with Gasteiger partial charge in [0.05, 0.1) is 3.63 Å². The van der Waals surface area contributed by atoms with E-state index in [9.17, 15) is 0 Å². The van der Waals surface area contributed by atoms with Gasteiger partial charge in [-0.15, -0.1) is 0 Å². The maximum atomic E-state index is 5.80. The zero-order chi connectivity index (χ0) is 8.27. The minimum atomic E-state index is 0.0205. The summed E-state index contributed by atoms with van der Waals surface area (Å²) in [6.07, 6.45) is 0. The summed E-state index contributed by atoms with van der Waals surface area (Å²) in [5, 5.41) is 0. The number of halogens is 2. The lowest BCUT2D eigenvalue weighted by Crippen LogP contribution is -2.08. The van der Waals surface area contributed by atoms with Gasteiger partial charge in [0.15, 0.2) is 0 Å². The lowest BCUT2D eigenvalue weighted by molar-refractivity contribution is 1.46. The fourth-order valence-corrected chi connectivity index (χ4v) is 2.93. The predicted octanol–water partition coefficient (Wildman–Crippen LogP) is 2.75. The van der Waals surface area contributed by atoms with Gasteiger partial charge in [0.25, 0.3) is 0 Å². The molecule has 1 nitrogen and oxygen atoms in total. The van der Waals surface area contributed by atoms with Gasteiger partial charge in [0.1, 0.15) is 0 Å². The van der Waals surface area contributed by atoms with Crippen molar-refractivity contribution in [2.24, 2.45) is 5.73 Å². The van der Waals surface area contributed by atoms with Crippen LogP contribution in [0.15, 0.2) is 24.3 Å². The predicted molar refractivity (Wildman–Crippen MR) is 67.5 cm³/mol.